The van der Waals surface area contributed by atoms with E-state index in [-0.39, 0.29) is 22.7 Å². The van der Waals surface area contributed by atoms with Crippen molar-refractivity contribution in [2.45, 2.75) is 38.1 Å². The summed E-state index contributed by atoms with van der Waals surface area (Å²) in [7, 11) is 0. The Balaban J connectivity index is 1.75. The SMILES string of the molecule is N#C/C(=C/c1c(N2CCOCC2)nc2ccccn2c1=O)C(=O)NC1CCCCC1. The molecule has 30 heavy (non-hydrogen) atoms. The van der Waals surface area contributed by atoms with Crippen LogP contribution in [0.5, 0.6) is 0 Å². The van der Waals surface area contributed by atoms with Gasteiger partial charge in [0.15, 0.2) is 0 Å². The highest BCUT2D eigenvalue weighted by atomic mass is 16.5. The molecule has 1 aliphatic heterocycles. The molecular formula is C22H25N5O3. The molecule has 1 saturated carbocycles. The average molecular weight is 407 g/mol. The van der Waals surface area contributed by atoms with Gasteiger partial charge in [-0.25, -0.2) is 4.98 Å². The summed E-state index contributed by atoms with van der Waals surface area (Å²) in [5.74, 6) is 0.0441. The van der Waals surface area contributed by atoms with Crippen LogP contribution in [0.4, 0.5) is 5.82 Å². The van der Waals surface area contributed by atoms with E-state index in [1.54, 1.807) is 18.3 Å². The largest absolute Gasteiger partial charge is 0.378 e. The standard InChI is InChI=1S/C22H25N5O3/c23-15-16(21(28)24-17-6-2-1-3-7-17)14-18-20(26-10-12-30-13-11-26)25-19-8-4-5-9-27(19)22(18)29/h4-5,8-9,14,17H,1-3,6-7,10-13H2,(H,24,28)/b16-14-. The zero-order valence-corrected chi connectivity index (χ0v) is 16.8. The minimum Gasteiger partial charge on any atom is -0.378 e. The van der Waals surface area contributed by atoms with Gasteiger partial charge in [-0.2, -0.15) is 5.26 Å². The molecular weight excluding hydrogens is 382 g/mol. The zero-order chi connectivity index (χ0) is 20.9. The van der Waals surface area contributed by atoms with Crippen LogP contribution < -0.4 is 15.8 Å². The summed E-state index contributed by atoms with van der Waals surface area (Å²) < 4.78 is 6.85. The number of hydrogen-bond donors (Lipinski definition) is 1. The van der Waals surface area contributed by atoms with Gasteiger partial charge in [0.25, 0.3) is 11.5 Å². The molecule has 1 aliphatic carbocycles. The number of carbonyl (C=O) groups is 1. The van der Waals surface area contributed by atoms with Crippen LogP contribution >= 0.6 is 0 Å². The van der Waals surface area contributed by atoms with Crippen molar-refractivity contribution < 1.29 is 9.53 Å². The maximum atomic E-state index is 13.2. The third-order valence-electron chi connectivity index (χ3n) is 5.65. The molecule has 0 bridgehead atoms. The van der Waals surface area contributed by atoms with Crippen molar-refractivity contribution in [2.75, 3.05) is 31.2 Å². The number of hydrogen-bond acceptors (Lipinski definition) is 6. The van der Waals surface area contributed by atoms with Gasteiger partial charge in [-0.15, -0.1) is 0 Å². The number of amides is 1. The van der Waals surface area contributed by atoms with E-state index in [4.69, 9.17) is 4.74 Å². The normalized spacial score (nSPS) is 18.2. The van der Waals surface area contributed by atoms with Crippen molar-refractivity contribution in [3.05, 3.63) is 45.9 Å². The van der Waals surface area contributed by atoms with Gasteiger partial charge < -0.3 is 15.0 Å². The van der Waals surface area contributed by atoms with Crippen LogP contribution in [0.3, 0.4) is 0 Å². The third kappa shape index (κ3) is 4.21. The lowest BCUT2D eigenvalue weighted by atomic mass is 9.95. The van der Waals surface area contributed by atoms with Crippen LogP contribution in [0.25, 0.3) is 11.7 Å². The molecule has 8 nitrogen and oxygen atoms in total. The first-order valence-corrected chi connectivity index (χ1v) is 10.4. The fourth-order valence-corrected chi connectivity index (χ4v) is 4.04. The zero-order valence-electron chi connectivity index (χ0n) is 16.8. The Morgan fingerprint density at radius 1 is 1.23 bits per heavy atom. The Bertz CT molecular complexity index is 1060. The van der Waals surface area contributed by atoms with Gasteiger partial charge in [0.05, 0.1) is 18.8 Å². The lowest BCUT2D eigenvalue weighted by Crippen LogP contribution is -2.39. The second-order valence-corrected chi connectivity index (χ2v) is 7.66. The Labute approximate surface area is 174 Å². The van der Waals surface area contributed by atoms with Crippen molar-refractivity contribution in [1.29, 1.82) is 5.26 Å². The van der Waals surface area contributed by atoms with Crippen LogP contribution in [-0.2, 0) is 9.53 Å². The number of nitriles is 1. The number of anilines is 1. The quantitative estimate of drug-likeness (QED) is 0.614. The summed E-state index contributed by atoms with van der Waals surface area (Å²) in [6.45, 7) is 2.25. The van der Waals surface area contributed by atoms with Crippen molar-refractivity contribution in [2.24, 2.45) is 0 Å². The number of ether oxygens (including phenoxy) is 1. The van der Waals surface area contributed by atoms with E-state index in [1.807, 2.05) is 17.0 Å². The Morgan fingerprint density at radius 2 is 2.00 bits per heavy atom. The van der Waals surface area contributed by atoms with E-state index < -0.39 is 5.91 Å². The van der Waals surface area contributed by atoms with Crippen LogP contribution in [0, 0.1) is 11.3 Å². The van der Waals surface area contributed by atoms with Crippen LogP contribution in [-0.4, -0.2) is 47.6 Å². The number of rotatable bonds is 4. The monoisotopic (exact) mass is 407 g/mol. The highest BCUT2D eigenvalue weighted by Crippen LogP contribution is 2.21. The maximum Gasteiger partial charge on any atom is 0.267 e. The summed E-state index contributed by atoms with van der Waals surface area (Å²) in [5, 5.41) is 12.6. The average Bonchev–Trinajstić information content (AvgIpc) is 2.79. The highest BCUT2D eigenvalue weighted by Gasteiger charge is 2.22. The van der Waals surface area contributed by atoms with Gasteiger partial charge in [-0.3, -0.25) is 14.0 Å². The van der Waals surface area contributed by atoms with Gasteiger partial charge in [0.1, 0.15) is 23.1 Å². The second kappa shape index (κ2) is 9.09. The molecule has 1 amide bonds. The highest BCUT2D eigenvalue weighted by molar-refractivity contribution is 6.02. The number of aromatic nitrogens is 2. The summed E-state index contributed by atoms with van der Waals surface area (Å²) in [6.07, 6.45) is 8.20. The topological polar surface area (TPSA) is 99.7 Å². The summed E-state index contributed by atoms with van der Waals surface area (Å²) in [4.78, 5) is 32.6. The predicted octanol–water partition coefficient (Wildman–Crippen LogP) is 1.89. The van der Waals surface area contributed by atoms with E-state index in [9.17, 15) is 14.9 Å². The smallest absolute Gasteiger partial charge is 0.267 e. The molecule has 0 aromatic carbocycles. The molecule has 0 atom stereocenters. The number of pyridine rings is 1. The van der Waals surface area contributed by atoms with Crippen LogP contribution in [0.2, 0.25) is 0 Å². The van der Waals surface area contributed by atoms with E-state index in [2.05, 4.69) is 10.3 Å². The predicted molar refractivity (Wildman–Crippen MR) is 113 cm³/mol. The molecule has 8 heteroatoms. The first-order valence-electron chi connectivity index (χ1n) is 10.4. The molecule has 2 fully saturated rings. The van der Waals surface area contributed by atoms with Crippen LogP contribution in [0.1, 0.15) is 37.7 Å². The minimum atomic E-state index is -0.435. The summed E-state index contributed by atoms with van der Waals surface area (Å²) in [6, 6.07) is 7.39. The molecule has 1 N–H and O–H groups in total. The van der Waals surface area contributed by atoms with Gasteiger partial charge in [-0.05, 0) is 31.1 Å². The fraction of sp³-hybridized carbons (Fsp3) is 0.455. The number of nitrogens with zero attached hydrogens (tertiary/aromatic N) is 4. The first kappa shape index (κ1) is 20.1. The Morgan fingerprint density at radius 3 is 2.73 bits per heavy atom. The van der Waals surface area contributed by atoms with E-state index >= 15 is 0 Å². The molecule has 3 heterocycles. The Hall–Kier alpha value is -3.18. The van der Waals surface area contributed by atoms with Crippen molar-refractivity contribution in [3.63, 3.8) is 0 Å². The van der Waals surface area contributed by atoms with Crippen molar-refractivity contribution >= 4 is 23.4 Å². The van der Waals surface area contributed by atoms with Gasteiger partial charge >= 0.3 is 0 Å². The molecule has 0 unspecified atom stereocenters. The molecule has 0 spiro atoms. The molecule has 2 aromatic rings. The maximum absolute atomic E-state index is 13.2. The fourth-order valence-electron chi connectivity index (χ4n) is 4.04. The van der Waals surface area contributed by atoms with Crippen LogP contribution in [0.15, 0.2) is 34.8 Å². The molecule has 4 rings (SSSR count). The van der Waals surface area contributed by atoms with Gasteiger partial charge in [0, 0.05) is 25.3 Å². The van der Waals surface area contributed by atoms with Crippen molar-refractivity contribution in [3.8, 4) is 6.07 Å². The molecule has 0 radical (unpaired) electrons. The lowest BCUT2D eigenvalue weighted by Gasteiger charge is -2.29. The molecule has 156 valence electrons. The number of carbonyl (C=O) groups excluding carboxylic acids is 1. The molecule has 1 saturated heterocycles. The second-order valence-electron chi connectivity index (χ2n) is 7.66. The van der Waals surface area contributed by atoms with Gasteiger partial charge in [0.2, 0.25) is 0 Å². The number of nitrogens with one attached hydrogen (secondary N) is 1. The Kier molecular flexibility index (Phi) is 6.10. The number of morpholine rings is 1. The first-order chi connectivity index (χ1) is 14.7. The van der Waals surface area contributed by atoms with E-state index in [1.165, 1.54) is 16.9 Å². The summed E-state index contributed by atoms with van der Waals surface area (Å²) >= 11 is 0. The molecule has 2 aliphatic rings. The molecule has 2 aromatic heterocycles. The van der Waals surface area contributed by atoms with E-state index in [0.29, 0.717) is 37.8 Å². The summed E-state index contributed by atoms with van der Waals surface area (Å²) in [5.41, 5.74) is 0.382. The van der Waals surface area contributed by atoms with E-state index in [0.717, 1.165) is 25.7 Å². The minimum absolute atomic E-state index is 0.0788. The third-order valence-corrected chi connectivity index (χ3v) is 5.65. The number of fused-ring (bicyclic) bond motifs is 1. The lowest BCUT2D eigenvalue weighted by molar-refractivity contribution is -0.117. The van der Waals surface area contributed by atoms with Crippen molar-refractivity contribution in [1.82, 2.24) is 14.7 Å². The van der Waals surface area contributed by atoms with Gasteiger partial charge in [-0.1, -0.05) is 25.3 Å².